The second-order valence-electron chi connectivity index (χ2n) is 6.29. The largest absolute Gasteiger partial charge is 0.326 e. The summed E-state index contributed by atoms with van der Waals surface area (Å²) in [6.45, 7) is 6.67. The van der Waals surface area contributed by atoms with Gasteiger partial charge < -0.3 is 16.0 Å². The summed E-state index contributed by atoms with van der Waals surface area (Å²) in [4.78, 5) is 24.1. The zero-order chi connectivity index (χ0) is 16.1. The van der Waals surface area contributed by atoms with E-state index in [1.165, 1.54) is 0 Å². The van der Waals surface area contributed by atoms with E-state index in [2.05, 4.69) is 22.9 Å². The summed E-state index contributed by atoms with van der Waals surface area (Å²) in [5, 5.41) is 9.14. The zero-order valence-electron chi connectivity index (χ0n) is 13.9. The van der Waals surface area contributed by atoms with Crippen molar-refractivity contribution in [3.63, 3.8) is 0 Å². The van der Waals surface area contributed by atoms with Crippen LogP contribution in [0.3, 0.4) is 0 Å². The minimum absolute atomic E-state index is 0. The molecule has 2 atom stereocenters. The van der Waals surface area contributed by atoms with Crippen molar-refractivity contribution in [1.29, 1.82) is 0 Å². The van der Waals surface area contributed by atoms with Crippen LogP contribution >= 0.6 is 12.4 Å². The molecule has 1 aromatic carbocycles. The molecule has 0 saturated carbocycles. The number of amides is 2. The first kappa shape index (κ1) is 19.5. The third-order valence-corrected chi connectivity index (χ3v) is 3.92. The van der Waals surface area contributed by atoms with E-state index in [1.54, 1.807) is 6.07 Å². The van der Waals surface area contributed by atoms with E-state index < -0.39 is 0 Å². The third-order valence-electron chi connectivity index (χ3n) is 3.92. The lowest BCUT2D eigenvalue weighted by Gasteiger charge is -2.27. The fourth-order valence-corrected chi connectivity index (χ4v) is 2.58. The van der Waals surface area contributed by atoms with Gasteiger partial charge in [-0.1, -0.05) is 19.9 Å². The lowest BCUT2D eigenvalue weighted by Crippen LogP contribution is -2.40. The van der Waals surface area contributed by atoms with Crippen molar-refractivity contribution in [2.24, 2.45) is 11.8 Å². The Hall–Kier alpha value is -1.59. The molecule has 1 fully saturated rings. The topological polar surface area (TPSA) is 70.2 Å². The van der Waals surface area contributed by atoms with Crippen molar-refractivity contribution in [2.75, 3.05) is 17.2 Å². The Morgan fingerprint density at radius 1 is 1.22 bits per heavy atom. The van der Waals surface area contributed by atoms with E-state index in [0.29, 0.717) is 11.7 Å². The summed E-state index contributed by atoms with van der Waals surface area (Å²) in [7, 11) is 0. The van der Waals surface area contributed by atoms with E-state index in [-0.39, 0.29) is 36.1 Å². The SMILES string of the molecule is CC(C)C(=O)Nc1cccc(NC(=O)[C@H]2CCN[C@@H](C)C2)c1.Cl. The van der Waals surface area contributed by atoms with Gasteiger partial charge in [-0.15, -0.1) is 12.4 Å². The molecule has 1 aromatic rings. The maximum atomic E-state index is 12.3. The molecule has 0 aliphatic carbocycles. The standard InChI is InChI=1S/C17H25N3O2.ClH/c1-11(2)16(21)19-14-5-4-6-15(10-14)20-17(22)13-7-8-18-12(3)9-13;/h4-6,10-13,18H,7-9H2,1-3H3,(H,19,21)(H,20,22);1H/t12-,13-;/m0./s1. The van der Waals surface area contributed by atoms with Crippen LogP contribution in [0.4, 0.5) is 11.4 Å². The highest BCUT2D eigenvalue weighted by molar-refractivity contribution is 5.95. The first-order valence-electron chi connectivity index (χ1n) is 7.91. The molecule has 0 spiro atoms. The average molecular weight is 340 g/mol. The van der Waals surface area contributed by atoms with Crippen molar-refractivity contribution in [3.8, 4) is 0 Å². The highest BCUT2D eigenvalue weighted by atomic mass is 35.5. The van der Waals surface area contributed by atoms with Crippen LogP contribution in [-0.2, 0) is 9.59 Å². The molecule has 5 nitrogen and oxygen atoms in total. The molecule has 6 heteroatoms. The average Bonchev–Trinajstić information content (AvgIpc) is 2.47. The van der Waals surface area contributed by atoms with E-state index in [4.69, 9.17) is 0 Å². The summed E-state index contributed by atoms with van der Waals surface area (Å²) >= 11 is 0. The number of carbonyl (C=O) groups is 2. The lowest BCUT2D eigenvalue weighted by molar-refractivity contribution is -0.121. The van der Waals surface area contributed by atoms with Gasteiger partial charge >= 0.3 is 0 Å². The Morgan fingerprint density at radius 2 is 1.87 bits per heavy atom. The fraction of sp³-hybridized carbons (Fsp3) is 0.529. The number of rotatable bonds is 4. The first-order chi connectivity index (χ1) is 10.5. The molecule has 0 unspecified atom stereocenters. The van der Waals surface area contributed by atoms with Crippen molar-refractivity contribution in [2.45, 2.75) is 39.7 Å². The molecule has 1 saturated heterocycles. The van der Waals surface area contributed by atoms with Crippen LogP contribution in [-0.4, -0.2) is 24.4 Å². The van der Waals surface area contributed by atoms with Crippen LogP contribution in [0.15, 0.2) is 24.3 Å². The van der Waals surface area contributed by atoms with Gasteiger partial charge in [0.15, 0.2) is 0 Å². The summed E-state index contributed by atoms with van der Waals surface area (Å²) in [6, 6.07) is 7.66. The molecule has 2 amide bonds. The Bertz CT molecular complexity index is 548. The van der Waals surface area contributed by atoms with Crippen molar-refractivity contribution in [1.82, 2.24) is 5.32 Å². The van der Waals surface area contributed by atoms with Gasteiger partial charge in [0.1, 0.15) is 0 Å². The second-order valence-corrected chi connectivity index (χ2v) is 6.29. The lowest BCUT2D eigenvalue weighted by atomic mass is 9.92. The Balaban J connectivity index is 0.00000264. The Morgan fingerprint density at radius 3 is 2.48 bits per heavy atom. The Kier molecular flexibility index (Phi) is 7.52. The number of piperidine rings is 1. The van der Waals surface area contributed by atoms with E-state index >= 15 is 0 Å². The second kappa shape index (κ2) is 8.89. The minimum atomic E-state index is -0.0746. The minimum Gasteiger partial charge on any atom is -0.326 e. The van der Waals surface area contributed by atoms with Crippen LogP contribution < -0.4 is 16.0 Å². The normalized spacial score (nSPS) is 20.5. The van der Waals surface area contributed by atoms with Crippen molar-refractivity contribution >= 4 is 35.6 Å². The highest BCUT2D eigenvalue weighted by Crippen LogP contribution is 2.20. The third kappa shape index (κ3) is 5.84. The molecule has 23 heavy (non-hydrogen) atoms. The molecule has 1 heterocycles. The molecule has 1 aliphatic rings. The highest BCUT2D eigenvalue weighted by Gasteiger charge is 2.24. The summed E-state index contributed by atoms with van der Waals surface area (Å²) < 4.78 is 0. The molecular formula is C17H26ClN3O2. The number of hydrogen-bond acceptors (Lipinski definition) is 3. The number of benzene rings is 1. The summed E-state index contributed by atoms with van der Waals surface area (Å²) in [6.07, 6.45) is 1.72. The summed E-state index contributed by atoms with van der Waals surface area (Å²) in [5.41, 5.74) is 1.42. The maximum absolute atomic E-state index is 12.3. The van der Waals surface area contributed by atoms with E-state index in [1.807, 2.05) is 32.0 Å². The van der Waals surface area contributed by atoms with Gasteiger partial charge in [0, 0.05) is 29.3 Å². The van der Waals surface area contributed by atoms with E-state index in [9.17, 15) is 9.59 Å². The predicted octanol–water partition coefficient (Wildman–Crippen LogP) is 3.03. The molecule has 128 valence electrons. The molecule has 2 rings (SSSR count). The smallest absolute Gasteiger partial charge is 0.227 e. The van der Waals surface area contributed by atoms with Gasteiger partial charge in [-0.25, -0.2) is 0 Å². The van der Waals surface area contributed by atoms with Crippen LogP contribution in [0.1, 0.15) is 33.6 Å². The molecule has 0 bridgehead atoms. The van der Waals surface area contributed by atoms with Gasteiger partial charge in [0.05, 0.1) is 0 Å². The van der Waals surface area contributed by atoms with Gasteiger partial charge in [-0.3, -0.25) is 9.59 Å². The number of halogens is 1. The summed E-state index contributed by atoms with van der Waals surface area (Å²) in [5.74, 6) is -0.00372. The van der Waals surface area contributed by atoms with Crippen molar-refractivity contribution < 1.29 is 9.59 Å². The molecule has 3 N–H and O–H groups in total. The molecule has 0 aromatic heterocycles. The van der Waals surface area contributed by atoms with E-state index in [0.717, 1.165) is 25.1 Å². The van der Waals surface area contributed by atoms with Gasteiger partial charge in [0.25, 0.3) is 0 Å². The van der Waals surface area contributed by atoms with Gasteiger partial charge in [-0.05, 0) is 44.5 Å². The van der Waals surface area contributed by atoms with Crippen LogP contribution in [0.2, 0.25) is 0 Å². The number of hydrogen-bond donors (Lipinski definition) is 3. The van der Waals surface area contributed by atoms with Crippen molar-refractivity contribution in [3.05, 3.63) is 24.3 Å². The van der Waals surface area contributed by atoms with Gasteiger partial charge in [0.2, 0.25) is 11.8 Å². The number of nitrogens with one attached hydrogen (secondary N) is 3. The predicted molar refractivity (Wildman–Crippen MR) is 96.0 cm³/mol. The monoisotopic (exact) mass is 339 g/mol. The fourth-order valence-electron chi connectivity index (χ4n) is 2.58. The Labute approximate surface area is 144 Å². The van der Waals surface area contributed by atoms with Crippen LogP contribution in [0.25, 0.3) is 0 Å². The first-order valence-corrected chi connectivity index (χ1v) is 7.91. The van der Waals surface area contributed by atoms with Crippen LogP contribution in [0.5, 0.6) is 0 Å². The maximum Gasteiger partial charge on any atom is 0.227 e. The quantitative estimate of drug-likeness (QED) is 0.789. The molecule has 1 aliphatic heterocycles. The van der Waals surface area contributed by atoms with Gasteiger partial charge in [-0.2, -0.15) is 0 Å². The molecule has 0 radical (unpaired) electrons. The number of anilines is 2. The van der Waals surface area contributed by atoms with Crippen LogP contribution in [0, 0.1) is 11.8 Å². The number of carbonyl (C=O) groups excluding carboxylic acids is 2. The zero-order valence-corrected chi connectivity index (χ0v) is 14.7. The molecular weight excluding hydrogens is 314 g/mol.